The van der Waals surface area contributed by atoms with Crippen LogP contribution < -0.4 is 0 Å². The molecule has 0 N–H and O–H groups in total. The van der Waals surface area contributed by atoms with Crippen LogP contribution in [0.4, 0.5) is 0 Å². The molecule has 0 bridgehead atoms. The molecule has 2 heterocycles. The van der Waals surface area contributed by atoms with E-state index in [0.29, 0.717) is 16.9 Å². The number of nitrogens with zero attached hydrogens (tertiary/aromatic N) is 3. The van der Waals surface area contributed by atoms with E-state index in [-0.39, 0.29) is 11.3 Å². The number of rotatable bonds is 6. The molecule has 1 aliphatic heterocycles. The van der Waals surface area contributed by atoms with Crippen molar-refractivity contribution in [2.75, 3.05) is 40.5 Å². The van der Waals surface area contributed by atoms with Gasteiger partial charge in [0.1, 0.15) is 11.3 Å². The molecule has 2 aromatic carbocycles. The van der Waals surface area contributed by atoms with Crippen molar-refractivity contribution >= 4 is 11.9 Å². The lowest BCUT2D eigenvalue weighted by Gasteiger charge is -2.26. The number of ether oxygens (including phenoxy) is 3. The molecule has 0 spiro atoms. The first-order valence-corrected chi connectivity index (χ1v) is 10.4. The van der Waals surface area contributed by atoms with Gasteiger partial charge in [0, 0.05) is 25.2 Å². The maximum atomic E-state index is 12.7. The minimum Gasteiger partial charge on any atom is -0.465 e. The third-order valence-corrected chi connectivity index (χ3v) is 5.39. The van der Waals surface area contributed by atoms with Gasteiger partial charge in [0.25, 0.3) is 0 Å². The fourth-order valence-electron chi connectivity index (χ4n) is 3.74. The van der Waals surface area contributed by atoms with Crippen LogP contribution >= 0.6 is 0 Å². The standard InChI is InChI=1S/C24H25N3O5/c1-30-23(28)20-21(18-10-8-17(9-11-18)16-26-12-14-32-15-13-26)25-27(22(20)24(29)31-2)19-6-4-3-5-7-19/h3-11H,12-16H2,1-2H3. The van der Waals surface area contributed by atoms with E-state index in [2.05, 4.69) is 10.00 Å². The Morgan fingerprint density at radius 1 is 0.938 bits per heavy atom. The van der Waals surface area contributed by atoms with Crippen LogP contribution in [0.1, 0.15) is 26.4 Å². The number of aromatic nitrogens is 2. The molecule has 1 fully saturated rings. The first-order chi connectivity index (χ1) is 15.6. The van der Waals surface area contributed by atoms with E-state index in [1.807, 2.05) is 42.5 Å². The highest BCUT2D eigenvalue weighted by Gasteiger charge is 2.31. The Bertz CT molecular complexity index is 1090. The molecular formula is C24H25N3O5. The van der Waals surface area contributed by atoms with Gasteiger partial charge in [-0.15, -0.1) is 0 Å². The second-order valence-electron chi connectivity index (χ2n) is 7.39. The predicted molar refractivity (Wildman–Crippen MR) is 118 cm³/mol. The number of para-hydroxylation sites is 1. The lowest BCUT2D eigenvalue weighted by Crippen LogP contribution is -2.35. The van der Waals surface area contributed by atoms with E-state index in [9.17, 15) is 9.59 Å². The number of hydrogen-bond donors (Lipinski definition) is 0. The maximum Gasteiger partial charge on any atom is 0.357 e. The summed E-state index contributed by atoms with van der Waals surface area (Å²) in [6, 6.07) is 16.9. The monoisotopic (exact) mass is 435 g/mol. The number of esters is 2. The van der Waals surface area contributed by atoms with Crippen LogP contribution in [0.2, 0.25) is 0 Å². The second-order valence-corrected chi connectivity index (χ2v) is 7.39. The van der Waals surface area contributed by atoms with Gasteiger partial charge < -0.3 is 14.2 Å². The topological polar surface area (TPSA) is 82.9 Å². The molecule has 8 heteroatoms. The molecule has 0 saturated carbocycles. The highest BCUT2D eigenvalue weighted by atomic mass is 16.5. The van der Waals surface area contributed by atoms with Gasteiger partial charge in [-0.3, -0.25) is 4.90 Å². The van der Waals surface area contributed by atoms with Crippen LogP contribution in [0.3, 0.4) is 0 Å². The molecule has 0 amide bonds. The molecule has 1 aromatic heterocycles. The van der Waals surface area contributed by atoms with Crippen molar-refractivity contribution in [1.82, 2.24) is 14.7 Å². The van der Waals surface area contributed by atoms with Gasteiger partial charge in [-0.25, -0.2) is 14.3 Å². The smallest absolute Gasteiger partial charge is 0.357 e. The maximum absolute atomic E-state index is 12.7. The quantitative estimate of drug-likeness (QED) is 0.551. The van der Waals surface area contributed by atoms with E-state index in [0.717, 1.165) is 38.4 Å². The summed E-state index contributed by atoms with van der Waals surface area (Å²) in [5.41, 5.74) is 2.94. The van der Waals surface area contributed by atoms with Gasteiger partial charge in [0.05, 0.1) is 33.1 Å². The van der Waals surface area contributed by atoms with Crippen molar-refractivity contribution < 1.29 is 23.8 Å². The summed E-state index contributed by atoms with van der Waals surface area (Å²) in [7, 11) is 2.55. The zero-order chi connectivity index (χ0) is 22.5. The minimum absolute atomic E-state index is 0.0259. The second kappa shape index (κ2) is 9.76. The highest BCUT2D eigenvalue weighted by molar-refractivity contribution is 6.06. The molecule has 0 radical (unpaired) electrons. The Kier molecular flexibility index (Phi) is 6.63. The van der Waals surface area contributed by atoms with Crippen molar-refractivity contribution in [3.63, 3.8) is 0 Å². The van der Waals surface area contributed by atoms with Crippen molar-refractivity contribution in [3.05, 3.63) is 71.4 Å². The fourth-order valence-corrected chi connectivity index (χ4v) is 3.74. The number of methoxy groups -OCH3 is 2. The number of hydrogen-bond acceptors (Lipinski definition) is 7. The average Bonchev–Trinajstić information content (AvgIpc) is 3.25. The summed E-state index contributed by atoms with van der Waals surface area (Å²) in [6.07, 6.45) is 0. The molecule has 166 valence electrons. The van der Waals surface area contributed by atoms with Crippen LogP contribution in [0.5, 0.6) is 0 Å². The number of carbonyl (C=O) groups is 2. The Morgan fingerprint density at radius 3 is 2.22 bits per heavy atom. The molecule has 0 aliphatic carbocycles. The number of carbonyl (C=O) groups excluding carboxylic acids is 2. The molecule has 1 saturated heterocycles. The fraction of sp³-hybridized carbons (Fsp3) is 0.292. The lowest BCUT2D eigenvalue weighted by atomic mass is 10.0. The Labute approximate surface area is 186 Å². The lowest BCUT2D eigenvalue weighted by molar-refractivity contribution is 0.0342. The third-order valence-electron chi connectivity index (χ3n) is 5.39. The minimum atomic E-state index is -0.669. The number of benzene rings is 2. The molecular weight excluding hydrogens is 410 g/mol. The van der Waals surface area contributed by atoms with Crippen molar-refractivity contribution in [1.29, 1.82) is 0 Å². The van der Waals surface area contributed by atoms with E-state index < -0.39 is 11.9 Å². The van der Waals surface area contributed by atoms with Crippen LogP contribution in [-0.2, 0) is 20.8 Å². The Hall–Kier alpha value is -3.49. The number of morpholine rings is 1. The summed E-state index contributed by atoms with van der Waals surface area (Å²) in [6.45, 7) is 4.11. The van der Waals surface area contributed by atoms with Crippen LogP contribution in [0.25, 0.3) is 16.9 Å². The SMILES string of the molecule is COC(=O)c1c(-c2ccc(CN3CCOCC3)cc2)nn(-c2ccccc2)c1C(=O)OC. The van der Waals surface area contributed by atoms with Gasteiger partial charge in [-0.2, -0.15) is 5.10 Å². The molecule has 0 unspecified atom stereocenters. The molecule has 1 aliphatic rings. The van der Waals surface area contributed by atoms with Gasteiger partial charge in [0.2, 0.25) is 0 Å². The van der Waals surface area contributed by atoms with Gasteiger partial charge in [-0.1, -0.05) is 42.5 Å². The first-order valence-electron chi connectivity index (χ1n) is 10.4. The normalized spacial score (nSPS) is 14.2. The van der Waals surface area contributed by atoms with E-state index in [1.165, 1.54) is 18.9 Å². The van der Waals surface area contributed by atoms with Crippen molar-refractivity contribution in [3.8, 4) is 16.9 Å². The molecule has 3 aromatic rings. The summed E-state index contributed by atoms with van der Waals surface area (Å²) >= 11 is 0. The van der Waals surface area contributed by atoms with Crippen molar-refractivity contribution in [2.45, 2.75) is 6.54 Å². The Morgan fingerprint density at radius 2 is 1.59 bits per heavy atom. The van der Waals surface area contributed by atoms with Crippen LogP contribution in [-0.4, -0.2) is 67.1 Å². The Balaban J connectivity index is 1.76. The predicted octanol–water partition coefficient (Wildman–Crippen LogP) is 2.94. The van der Waals surface area contributed by atoms with Gasteiger partial charge >= 0.3 is 11.9 Å². The largest absolute Gasteiger partial charge is 0.465 e. The van der Waals surface area contributed by atoms with Gasteiger partial charge in [0.15, 0.2) is 5.69 Å². The summed E-state index contributed by atoms with van der Waals surface area (Å²) in [4.78, 5) is 27.7. The molecule has 4 rings (SSSR count). The average molecular weight is 435 g/mol. The van der Waals surface area contributed by atoms with Gasteiger partial charge in [-0.05, 0) is 17.7 Å². The summed E-state index contributed by atoms with van der Waals surface area (Å²) in [5, 5.41) is 4.62. The molecule has 0 atom stereocenters. The zero-order valence-electron chi connectivity index (χ0n) is 18.1. The third kappa shape index (κ3) is 4.42. The highest BCUT2D eigenvalue weighted by Crippen LogP contribution is 2.29. The zero-order valence-corrected chi connectivity index (χ0v) is 18.1. The van der Waals surface area contributed by atoms with E-state index in [1.54, 1.807) is 12.1 Å². The molecule has 32 heavy (non-hydrogen) atoms. The van der Waals surface area contributed by atoms with Crippen molar-refractivity contribution in [2.24, 2.45) is 0 Å². The van der Waals surface area contributed by atoms with Crippen LogP contribution in [0, 0.1) is 0 Å². The molecule has 8 nitrogen and oxygen atoms in total. The first kappa shape index (κ1) is 21.7. The van der Waals surface area contributed by atoms with E-state index >= 15 is 0 Å². The van der Waals surface area contributed by atoms with Crippen LogP contribution in [0.15, 0.2) is 54.6 Å². The summed E-state index contributed by atoms with van der Waals surface area (Å²) < 4.78 is 16.8. The van der Waals surface area contributed by atoms with E-state index in [4.69, 9.17) is 14.2 Å². The summed E-state index contributed by atoms with van der Waals surface area (Å²) in [5.74, 6) is -1.32.